The number of carboxylic acid groups (broad SMARTS) is 1. The van der Waals surface area contributed by atoms with Gasteiger partial charge in [-0.25, -0.2) is 4.79 Å². The molecule has 0 bridgehead atoms. The van der Waals surface area contributed by atoms with Crippen molar-refractivity contribution in [1.82, 2.24) is 5.32 Å². The number of hydrogen-bond donors (Lipinski definition) is 2. The second-order valence-corrected chi connectivity index (χ2v) is 5.46. The van der Waals surface area contributed by atoms with Crippen LogP contribution in [0.4, 0.5) is 0 Å². The van der Waals surface area contributed by atoms with Gasteiger partial charge in [0.1, 0.15) is 19.3 Å². The summed E-state index contributed by atoms with van der Waals surface area (Å²) in [6, 6.07) is 4.08. The molecule has 114 valence electrons. The molecule has 0 aliphatic carbocycles. The number of para-hydroxylation sites is 1. The lowest BCUT2D eigenvalue weighted by Crippen LogP contribution is -2.41. The number of benzene rings is 1. The third-order valence-electron chi connectivity index (χ3n) is 3.02. The molecule has 1 aromatic rings. The summed E-state index contributed by atoms with van der Waals surface area (Å²) in [7, 11) is 0. The van der Waals surface area contributed by atoms with E-state index in [2.05, 4.69) is 5.32 Å². The topological polar surface area (TPSA) is 84.9 Å². The van der Waals surface area contributed by atoms with Crippen LogP contribution in [0.2, 0.25) is 0 Å². The zero-order valence-corrected chi connectivity index (χ0v) is 12.4. The Bertz CT molecular complexity index is 534. The first-order valence-corrected chi connectivity index (χ1v) is 7.94. The lowest BCUT2D eigenvalue weighted by molar-refractivity contribution is -0.139. The molecule has 1 aromatic carbocycles. The van der Waals surface area contributed by atoms with Crippen LogP contribution in [-0.2, 0) is 4.79 Å². The van der Waals surface area contributed by atoms with E-state index >= 15 is 0 Å². The molecule has 0 unspecified atom stereocenters. The number of carbonyl (C=O) groups is 2. The van der Waals surface area contributed by atoms with Crippen molar-refractivity contribution in [2.75, 3.05) is 25.2 Å². The van der Waals surface area contributed by atoms with E-state index in [1.54, 1.807) is 18.2 Å². The van der Waals surface area contributed by atoms with Gasteiger partial charge in [-0.3, -0.25) is 4.79 Å². The van der Waals surface area contributed by atoms with E-state index in [1.807, 2.05) is 6.26 Å². The van der Waals surface area contributed by atoms with Crippen LogP contribution in [0.25, 0.3) is 0 Å². The fraction of sp³-hybridized carbons (Fsp3) is 0.429. The monoisotopic (exact) mass is 311 g/mol. The van der Waals surface area contributed by atoms with Crippen molar-refractivity contribution in [3.8, 4) is 11.5 Å². The standard InChI is InChI=1S/C14H17NO5S/c1-21-8-5-10(14(17)18)15-13(16)9-3-2-4-11-12(9)20-7-6-19-11/h2-4,10H,5-8H2,1H3,(H,15,16)(H,17,18)/t10-/m0/s1. The molecule has 1 aliphatic rings. The van der Waals surface area contributed by atoms with Crippen molar-refractivity contribution in [3.05, 3.63) is 23.8 Å². The molecule has 7 heteroatoms. The predicted molar refractivity (Wildman–Crippen MR) is 79.3 cm³/mol. The third-order valence-corrected chi connectivity index (χ3v) is 3.67. The molecule has 1 aliphatic heterocycles. The Morgan fingerprint density at radius 1 is 1.38 bits per heavy atom. The van der Waals surface area contributed by atoms with E-state index in [9.17, 15) is 9.59 Å². The Labute approximate surface area is 126 Å². The molecule has 0 spiro atoms. The van der Waals surface area contributed by atoms with Crippen LogP contribution in [0.3, 0.4) is 0 Å². The minimum Gasteiger partial charge on any atom is -0.486 e. The Hall–Kier alpha value is -1.89. The summed E-state index contributed by atoms with van der Waals surface area (Å²) in [4.78, 5) is 23.5. The number of carboxylic acids is 1. The maximum Gasteiger partial charge on any atom is 0.326 e. The zero-order valence-electron chi connectivity index (χ0n) is 11.6. The number of nitrogens with one attached hydrogen (secondary N) is 1. The molecule has 1 heterocycles. The zero-order chi connectivity index (χ0) is 15.2. The Kier molecular flexibility index (Phi) is 5.32. The average Bonchev–Trinajstić information content (AvgIpc) is 2.50. The summed E-state index contributed by atoms with van der Waals surface area (Å²) in [6.07, 6.45) is 2.26. The number of hydrogen-bond acceptors (Lipinski definition) is 5. The number of amides is 1. The molecule has 2 N–H and O–H groups in total. The van der Waals surface area contributed by atoms with Crippen molar-refractivity contribution >= 4 is 23.6 Å². The molecule has 0 saturated carbocycles. The molecular formula is C14H17NO5S. The molecule has 2 rings (SSSR count). The van der Waals surface area contributed by atoms with Crippen molar-refractivity contribution in [3.63, 3.8) is 0 Å². The highest BCUT2D eigenvalue weighted by Gasteiger charge is 2.24. The van der Waals surface area contributed by atoms with Gasteiger partial charge in [0.2, 0.25) is 0 Å². The molecule has 1 amide bonds. The number of aliphatic carboxylic acids is 1. The number of fused-ring (bicyclic) bond motifs is 1. The second kappa shape index (κ2) is 7.21. The maximum absolute atomic E-state index is 12.3. The molecular weight excluding hydrogens is 294 g/mol. The van der Waals surface area contributed by atoms with Gasteiger partial charge in [-0.15, -0.1) is 0 Å². The predicted octanol–water partition coefficient (Wildman–Crippen LogP) is 1.39. The van der Waals surface area contributed by atoms with Crippen LogP contribution in [0, 0.1) is 0 Å². The van der Waals surface area contributed by atoms with Gasteiger partial charge in [0.15, 0.2) is 11.5 Å². The molecule has 0 aromatic heterocycles. The highest BCUT2D eigenvalue weighted by Crippen LogP contribution is 2.33. The van der Waals surface area contributed by atoms with Crippen molar-refractivity contribution in [2.24, 2.45) is 0 Å². The number of carbonyl (C=O) groups excluding carboxylic acids is 1. The Morgan fingerprint density at radius 2 is 2.14 bits per heavy atom. The molecule has 0 saturated heterocycles. The first-order valence-electron chi connectivity index (χ1n) is 6.54. The third kappa shape index (κ3) is 3.81. The minimum absolute atomic E-state index is 0.294. The van der Waals surface area contributed by atoms with Crippen LogP contribution in [0.5, 0.6) is 11.5 Å². The Balaban J connectivity index is 2.14. The first kappa shape index (κ1) is 15.5. The van der Waals surface area contributed by atoms with Crippen LogP contribution >= 0.6 is 11.8 Å². The minimum atomic E-state index is -1.04. The van der Waals surface area contributed by atoms with E-state index in [0.717, 1.165) is 0 Å². The molecule has 0 radical (unpaired) electrons. The molecule has 6 nitrogen and oxygen atoms in total. The van der Waals surface area contributed by atoms with Gasteiger partial charge in [-0.2, -0.15) is 11.8 Å². The van der Waals surface area contributed by atoms with Gasteiger partial charge in [0, 0.05) is 0 Å². The summed E-state index contributed by atoms with van der Waals surface area (Å²) < 4.78 is 10.9. The van der Waals surface area contributed by atoms with E-state index in [4.69, 9.17) is 14.6 Å². The fourth-order valence-corrected chi connectivity index (χ4v) is 2.45. The summed E-state index contributed by atoms with van der Waals surface area (Å²) in [5.41, 5.74) is 0.294. The normalized spacial score (nSPS) is 14.3. The molecule has 1 atom stereocenters. The number of thioether (sulfide) groups is 1. The lowest BCUT2D eigenvalue weighted by atomic mass is 10.1. The van der Waals surface area contributed by atoms with Gasteiger partial charge in [0.05, 0.1) is 5.56 Å². The quantitative estimate of drug-likeness (QED) is 0.826. The van der Waals surface area contributed by atoms with Gasteiger partial charge in [-0.1, -0.05) is 6.07 Å². The highest BCUT2D eigenvalue weighted by molar-refractivity contribution is 7.98. The van der Waals surface area contributed by atoms with Crippen LogP contribution in [0.15, 0.2) is 18.2 Å². The van der Waals surface area contributed by atoms with Crippen LogP contribution in [0.1, 0.15) is 16.8 Å². The summed E-state index contributed by atoms with van der Waals surface area (Å²) in [5, 5.41) is 11.7. The lowest BCUT2D eigenvalue weighted by Gasteiger charge is -2.21. The van der Waals surface area contributed by atoms with Gasteiger partial charge in [-0.05, 0) is 30.6 Å². The van der Waals surface area contributed by atoms with Crippen LogP contribution in [-0.4, -0.2) is 48.2 Å². The average molecular weight is 311 g/mol. The van der Waals surface area contributed by atoms with Crippen molar-refractivity contribution < 1.29 is 24.2 Å². The van der Waals surface area contributed by atoms with E-state index in [0.29, 0.717) is 42.4 Å². The smallest absolute Gasteiger partial charge is 0.326 e. The highest BCUT2D eigenvalue weighted by atomic mass is 32.2. The van der Waals surface area contributed by atoms with Gasteiger partial charge < -0.3 is 19.9 Å². The van der Waals surface area contributed by atoms with Gasteiger partial charge >= 0.3 is 5.97 Å². The maximum atomic E-state index is 12.3. The first-order chi connectivity index (χ1) is 10.1. The SMILES string of the molecule is CSCC[C@H](NC(=O)c1cccc2c1OCCO2)C(=O)O. The Morgan fingerprint density at radius 3 is 2.86 bits per heavy atom. The summed E-state index contributed by atoms with van der Waals surface area (Å²) in [6.45, 7) is 0.801. The second-order valence-electron chi connectivity index (χ2n) is 4.48. The van der Waals surface area contributed by atoms with E-state index < -0.39 is 17.9 Å². The van der Waals surface area contributed by atoms with Crippen LogP contribution < -0.4 is 14.8 Å². The number of ether oxygens (including phenoxy) is 2. The molecule has 21 heavy (non-hydrogen) atoms. The largest absolute Gasteiger partial charge is 0.486 e. The van der Waals surface area contributed by atoms with Crippen molar-refractivity contribution in [2.45, 2.75) is 12.5 Å². The number of rotatable bonds is 6. The molecule has 0 fully saturated rings. The van der Waals surface area contributed by atoms with E-state index in [1.165, 1.54) is 11.8 Å². The van der Waals surface area contributed by atoms with Gasteiger partial charge in [0.25, 0.3) is 5.91 Å². The fourth-order valence-electron chi connectivity index (χ4n) is 1.98. The van der Waals surface area contributed by atoms with E-state index in [-0.39, 0.29) is 0 Å². The summed E-state index contributed by atoms with van der Waals surface area (Å²) >= 11 is 1.53. The van der Waals surface area contributed by atoms with Crippen molar-refractivity contribution in [1.29, 1.82) is 0 Å². The summed E-state index contributed by atoms with van der Waals surface area (Å²) in [5.74, 6) is 0.0226.